The molecule has 0 radical (unpaired) electrons. The average molecular weight is 234 g/mol. The fourth-order valence-electron chi connectivity index (χ4n) is 1.45. The van der Waals surface area contributed by atoms with Gasteiger partial charge in [-0.05, 0) is 17.7 Å². The minimum Gasteiger partial charge on any atom is -0.380 e. The summed E-state index contributed by atoms with van der Waals surface area (Å²) in [5, 5.41) is 3.16. The Balaban J connectivity index is 1.96. The number of aromatic nitrogens is 1. The highest BCUT2D eigenvalue weighted by Gasteiger charge is 2.05. The van der Waals surface area contributed by atoms with E-state index in [1.807, 2.05) is 12.1 Å². The van der Waals surface area contributed by atoms with E-state index in [9.17, 15) is 8.78 Å². The maximum Gasteiger partial charge on any atom is 0.263 e. The van der Waals surface area contributed by atoms with Gasteiger partial charge in [-0.3, -0.25) is 4.98 Å². The minimum atomic E-state index is -2.41. The molecular weight excluding hydrogens is 222 g/mol. The van der Waals surface area contributed by atoms with Gasteiger partial charge >= 0.3 is 0 Å². The maximum atomic E-state index is 12.3. The molecule has 17 heavy (non-hydrogen) atoms. The van der Waals surface area contributed by atoms with Crippen LogP contribution in [0.15, 0.2) is 48.8 Å². The van der Waals surface area contributed by atoms with Gasteiger partial charge in [-0.25, -0.2) is 8.78 Å². The summed E-state index contributed by atoms with van der Waals surface area (Å²) < 4.78 is 24.7. The molecular formula is C13H12F2N2. The van der Waals surface area contributed by atoms with E-state index in [0.29, 0.717) is 6.54 Å². The Morgan fingerprint density at radius 3 is 2.47 bits per heavy atom. The smallest absolute Gasteiger partial charge is 0.263 e. The van der Waals surface area contributed by atoms with Gasteiger partial charge in [0, 0.05) is 24.5 Å². The van der Waals surface area contributed by atoms with Crippen LogP contribution in [0.25, 0.3) is 0 Å². The lowest BCUT2D eigenvalue weighted by Crippen LogP contribution is -1.99. The van der Waals surface area contributed by atoms with Crippen LogP contribution in [0, 0.1) is 0 Å². The third kappa shape index (κ3) is 3.24. The van der Waals surface area contributed by atoms with Gasteiger partial charge in [0.2, 0.25) is 0 Å². The Kier molecular flexibility index (Phi) is 3.65. The van der Waals surface area contributed by atoms with E-state index in [-0.39, 0.29) is 5.56 Å². The van der Waals surface area contributed by atoms with Crippen molar-refractivity contribution in [1.29, 1.82) is 0 Å². The Morgan fingerprint density at radius 2 is 1.88 bits per heavy atom. The standard InChI is InChI=1S/C13H12F2N2/c14-13(15)11-5-3-10(4-6-11)8-17-12-2-1-7-16-9-12/h1-7,9,13,17H,8H2. The van der Waals surface area contributed by atoms with Gasteiger partial charge < -0.3 is 5.32 Å². The first-order valence-electron chi connectivity index (χ1n) is 5.26. The van der Waals surface area contributed by atoms with Gasteiger partial charge in [0.25, 0.3) is 6.43 Å². The van der Waals surface area contributed by atoms with Crippen molar-refractivity contribution in [2.45, 2.75) is 13.0 Å². The molecule has 0 unspecified atom stereocenters. The van der Waals surface area contributed by atoms with Crippen molar-refractivity contribution in [2.75, 3.05) is 5.32 Å². The van der Waals surface area contributed by atoms with Crippen LogP contribution in [-0.4, -0.2) is 4.98 Å². The number of benzene rings is 1. The number of anilines is 1. The lowest BCUT2D eigenvalue weighted by Gasteiger charge is -2.06. The number of rotatable bonds is 4. The Morgan fingerprint density at radius 1 is 1.12 bits per heavy atom. The number of nitrogens with zero attached hydrogens (tertiary/aromatic N) is 1. The molecule has 1 N–H and O–H groups in total. The lowest BCUT2D eigenvalue weighted by molar-refractivity contribution is 0.151. The number of hydrogen-bond acceptors (Lipinski definition) is 2. The quantitative estimate of drug-likeness (QED) is 0.873. The molecule has 0 saturated heterocycles. The van der Waals surface area contributed by atoms with Crippen molar-refractivity contribution in [1.82, 2.24) is 4.98 Å². The second-order valence-corrected chi connectivity index (χ2v) is 3.64. The maximum absolute atomic E-state index is 12.3. The summed E-state index contributed by atoms with van der Waals surface area (Å²) in [6, 6.07) is 10.0. The Bertz CT molecular complexity index is 455. The van der Waals surface area contributed by atoms with Crippen LogP contribution in [-0.2, 0) is 6.54 Å². The summed E-state index contributed by atoms with van der Waals surface area (Å²) in [6.45, 7) is 0.592. The van der Waals surface area contributed by atoms with Crippen molar-refractivity contribution in [3.63, 3.8) is 0 Å². The molecule has 0 atom stereocenters. The van der Waals surface area contributed by atoms with E-state index in [4.69, 9.17) is 0 Å². The van der Waals surface area contributed by atoms with E-state index in [0.717, 1.165) is 11.3 Å². The van der Waals surface area contributed by atoms with Crippen LogP contribution < -0.4 is 5.32 Å². The van der Waals surface area contributed by atoms with Crippen LogP contribution >= 0.6 is 0 Å². The molecule has 0 bridgehead atoms. The average Bonchev–Trinajstić information content (AvgIpc) is 2.38. The van der Waals surface area contributed by atoms with E-state index in [1.54, 1.807) is 24.5 Å². The zero-order chi connectivity index (χ0) is 12.1. The minimum absolute atomic E-state index is 0.0510. The third-order valence-corrected chi connectivity index (χ3v) is 2.39. The zero-order valence-corrected chi connectivity index (χ0v) is 9.11. The van der Waals surface area contributed by atoms with Crippen molar-refractivity contribution in [3.05, 3.63) is 59.9 Å². The molecule has 2 rings (SSSR count). The first-order chi connectivity index (χ1) is 8.25. The van der Waals surface area contributed by atoms with E-state index < -0.39 is 6.43 Å². The second kappa shape index (κ2) is 5.39. The largest absolute Gasteiger partial charge is 0.380 e. The molecule has 1 aromatic carbocycles. The molecule has 0 aliphatic carbocycles. The molecule has 88 valence electrons. The summed E-state index contributed by atoms with van der Waals surface area (Å²) in [5.41, 5.74) is 1.92. The highest BCUT2D eigenvalue weighted by molar-refractivity contribution is 5.40. The number of alkyl halides is 2. The SMILES string of the molecule is FC(F)c1ccc(CNc2cccnc2)cc1. The first-order valence-corrected chi connectivity index (χ1v) is 5.26. The fraction of sp³-hybridized carbons (Fsp3) is 0.154. The predicted octanol–water partition coefficient (Wildman–Crippen LogP) is 3.63. The summed E-state index contributed by atoms with van der Waals surface area (Å²) in [6.07, 6.45) is 1.01. The molecule has 0 fully saturated rings. The van der Waals surface area contributed by atoms with Crippen LogP contribution in [0.3, 0.4) is 0 Å². The van der Waals surface area contributed by atoms with Gasteiger partial charge in [0.15, 0.2) is 0 Å². The molecule has 4 heteroatoms. The highest BCUT2D eigenvalue weighted by atomic mass is 19.3. The number of pyridine rings is 1. The molecule has 1 aromatic heterocycles. The lowest BCUT2D eigenvalue weighted by atomic mass is 10.1. The van der Waals surface area contributed by atoms with Crippen LogP contribution in [0.1, 0.15) is 17.6 Å². The third-order valence-electron chi connectivity index (χ3n) is 2.39. The van der Waals surface area contributed by atoms with E-state index in [1.165, 1.54) is 12.1 Å². The predicted molar refractivity (Wildman–Crippen MR) is 63.0 cm³/mol. The molecule has 0 saturated carbocycles. The van der Waals surface area contributed by atoms with Crippen molar-refractivity contribution >= 4 is 5.69 Å². The fourth-order valence-corrected chi connectivity index (χ4v) is 1.45. The number of halogens is 2. The van der Waals surface area contributed by atoms with Gasteiger partial charge in [0.05, 0.1) is 5.69 Å². The number of nitrogens with one attached hydrogen (secondary N) is 1. The van der Waals surface area contributed by atoms with Crippen molar-refractivity contribution in [2.24, 2.45) is 0 Å². The Hall–Kier alpha value is -1.97. The normalized spacial score (nSPS) is 10.5. The monoisotopic (exact) mass is 234 g/mol. The van der Waals surface area contributed by atoms with Crippen LogP contribution in [0.4, 0.5) is 14.5 Å². The van der Waals surface area contributed by atoms with Crippen LogP contribution in [0.2, 0.25) is 0 Å². The van der Waals surface area contributed by atoms with Gasteiger partial charge in [-0.2, -0.15) is 0 Å². The highest BCUT2D eigenvalue weighted by Crippen LogP contribution is 2.19. The second-order valence-electron chi connectivity index (χ2n) is 3.64. The Labute approximate surface area is 98.3 Å². The molecule has 2 nitrogen and oxygen atoms in total. The molecule has 0 aliphatic heterocycles. The number of hydrogen-bond donors (Lipinski definition) is 1. The van der Waals surface area contributed by atoms with E-state index in [2.05, 4.69) is 10.3 Å². The van der Waals surface area contributed by atoms with Gasteiger partial charge in [0.1, 0.15) is 0 Å². The first kappa shape index (κ1) is 11.5. The van der Waals surface area contributed by atoms with Crippen molar-refractivity contribution < 1.29 is 8.78 Å². The van der Waals surface area contributed by atoms with Crippen molar-refractivity contribution in [3.8, 4) is 0 Å². The molecule has 1 heterocycles. The van der Waals surface area contributed by atoms with E-state index >= 15 is 0 Å². The zero-order valence-electron chi connectivity index (χ0n) is 9.11. The van der Waals surface area contributed by atoms with Gasteiger partial charge in [-0.15, -0.1) is 0 Å². The summed E-state index contributed by atoms with van der Waals surface area (Å²) in [7, 11) is 0. The van der Waals surface area contributed by atoms with Gasteiger partial charge in [-0.1, -0.05) is 24.3 Å². The molecule has 0 aliphatic rings. The summed E-state index contributed by atoms with van der Waals surface area (Å²) in [4.78, 5) is 3.97. The molecule has 2 aromatic rings. The molecule has 0 amide bonds. The van der Waals surface area contributed by atoms with Crippen LogP contribution in [0.5, 0.6) is 0 Å². The topological polar surface area (TPSA) is 24.9 Å². The summed E-state index contributed by atoms with van der Waals surface area (Å²) >= 11 is 0. The molecule has 0 spiro atoms. The summed E-state index contributed by atoms with van der Waals surface area (Å²) in [5.74, 6) is 0.